The Hall–Kier alpha value is -6.42. The molecular weight excluding hydrogens is 637 g/mol. The Morgan fingerprint density at radius 1 is 0.294 bits per heavy atom. The largest absolute Gasteiger partial charge is 0.308 e. The molecule has 0 saturated heterocycles. The quantitative estimate of drug-likeness (QED) is 0.174. The summed E-state index contributed by atoms with van der Waals surface area (Å²) < 4.78 is 2.56. The molecule has 0 aliphatic heterocycles. The van der Waals surface area contributed by atoms with Gasteiger partial charge in [-0.25, -0.2) is 0 Å². The average Bonchev–Trinajstić information content (AvgIpc) is 3.59. The van der Waals surface area contributed by atoms with E-state index < -0.39 is 0 Å². The van der Waals surface area contributed by atoms with E-state index in [0.29, 0.717) is 0 Å². The maximum absolute atomic E-state index is 2.47. The Balaban J connectivity index is 1.35. The van der Waals surface area contributed by atoms with Gasteiger partial charge < -0.3 is 9.80 Å². The van der Waals surface area contributed by atoms with Crippen LogP contribution in [0.4, 0.5) is 34.1 Å². The number of anilines is 6. The van der Waals surface area contributed by atoms with Gasteiger partial charge in [-0.15, -0.1) is 11.3 Å². The maximum atomic E-state index is 2.47. The number of fused-ring (bicyclic) bond motifs is 7. The normalized spacial score (nSPS) is 11.5. The molecule has 0 aliphatic rings. The highest BCUT2D eigenvalue weighted by Crippen LogP contribution is 2.53. The monoisotopic (exact) mass is 668 g/mol. The molecule has 240 valence electrons. The molecular formula is C48H32N2S. The van der Waals surface area contributed by atoms with Crippen LogP contribution in [0.15, 0.2) is 194 Å². The smallest absolute Gasteiger partial charge is 0.0883 e. The zero-order chi connectivity index (χ0) is 33.7. The first kappa shape index (κ1) is 29.5. The Labute approximate surface area is 300 Å². The lowest BCUT2D eigenvalue weighted by atomic mass is 10.0. The molecule has 1 aromatic heterocycles. The van der Waals surface area contributed by atoms with Gasteiger partial charge in [-0.05, 0) is 86.9 Å². The Morgan fingerprint density at radius 3 is 1.41 bits per heavy atom. The fraction of sp³-hybridized carbons (Fsp3) is 0. The summed E-state index contributed by atoms with van der Waals surface area (Å²) in [6.45, 7) is 0. The van der Waals surface area contributed by atoms with Crippen LogP contribution in [0.25, 0.3) is 52.5 Å². The Bertz CT molecular complexity index is 2880. The van der Waals surface area contributed by atoms with Crippen LogP contribution in [-0.2, 0) is 0 Å². The van der Waals surface area contributed by atoms with Crippen LogP contribution >= 0.6 is 11.3 Å². The van der Waals surface area contributed by atoms with Gasteiger partial charge in [-0.2, -0.15) is 0 Å². The maximum Gasteiger partial charge on any atom is 0.0883 e. The first-order chi connectivity index (χ1) is 25.3. The lowest BCUT2D eigenvalue weighted by Crippen LogP contribution is -2.17. The van der Waals surface area contributed by atoms with Crippen LogP contribution in [0, 0.1) is 0 Å². The number of rotatable bonds is 6. The number of nitrogens with zero attached hydrogens (tertiary/aromatic N) is 2. The number of benzene rings is 9. The third-order valence-corrected chi connectivity index (χ3v) is 11.2. The second kappa shape index (κ2) is 12.2. The third-order valence-electron chi connectivity index (χ3n) is 9.96. The third kappa shape index (κ3) is 5.01. The van der Waals surface area contributed by atoms with Crippen LogP contribution in [0.3, 0.4) is 0 Å². The van der Waals surface area contributed by atoms with Crippen molar-refractivity contribution in [2.24, 2.45) is 0 Å². The SMILES string of the molecule is c1ccc(N(c2ccc3ccccc3c2)c2ccc3c(sc4c5ccccc5ccc34)c2N(c2ccccc2)c2ccc3ccccc3c2)cc1. The first-order valence-corrected chi connectivity index (χ1v) is 18.2. The van der Waals surface area contributed by atoms with Gasteiger partial charge in [0.25, 0.3) is 0 Å². The van der Waals surface area contributed by atoms with Gasteiger partial charge in [-0.1, -0.05) is 140 Å². The molecule has 0 radical (unpaired) electrons. The van der Waals surface area contributed by atoms with Crippen molar-refractivity contribution in [2.75, 3.05) is 9.80 Å². The molecule has 51 heavy (non-hydrogen) atoms. The number of hydrogen-bond donors (Lipinski definition) is 0. The van der Waals surface area contributed by atoms with E-state index in [1.54, 1.807) is 0 Å². The van der Waals surface area contributed by atoms with Gasteiger partial charge >= 0.3 is 0 Å². The summed E-state index contributed by atoms with van der Waals surface area (Å²) in [6, 6.07) is 70.5. The van der Waals surface area contributed by atoms with Crippen LogP contribution in [-0.4, -0.2) is 0 Å². The molecule has 2 nitrogen and oxygen atoms in total. The molecule has 1 heterocycles. The topological polar surface area (TPSA) is 6.48 Å². The molecule has 10 aromatic rings. The molecule has 10 rings (SSSR count). The lowest BCUT2D eigenvalue weighted by Gasteiger charge is -2.34. The van der Waals surface area contributed by atoms with Crippen molar-refractivity contribution in [3.8, 4) is 0 Å². The van der Waals surface area contributed by atoms with Gasteiger partial charge in [-0.3, -0.25) is 0 Å². The van der Waals surface area contributed by atoms with E-state index in [1.807, 2.05) is 11.3 Å². The van der Waals surface area contributed by atoms with Crippen molar-refractivity contribution in [3.05, 3.63) is 194 Å². The molecule has 0 fully saturated rings. The van der Waals surface area contributed by atoms with Crippen LogP contribution in [0.1, 0.15) is 0 Å². The van der Waals surface area contributed by atoms with Crippen LogP contribution in [0.5, 0.6) is 0 Å². The van der Waals surface area contributed by atoms with Crippen molar-refractivity contribution in [1.29, 1.82) is 0 Å². The molecule has 0 atom stereocenters. The molecule has 0 aliphatic carbocycles. The zero-order valence-electron chi connectivity index (χ0n) is 27.8. The van der Waals surface area contributed by atoms with Gasteiger partial charge in [0.1, 0.15) is 0 Å². The van der Waals surface area contributed by atoms with Gasteiger partial charge in [0, 0.05) is 38.2 Å². The average molecular weight is 669 g/mol. The summed E-state index contributed by atoms with van der Waals surface area (Å²) in [5.41, 5.74) is 6.69. The standard InChI is InChI=1S/C48H32N2S/c1-3-18-38(19-4-1)49(40-26-23-33-13-7-9-16-36(33)31-40)45-30-29-44-43-28-25-35-15-11-12-22-42(35)47(43)51-48(44)46(45)50(39-20-5-2-6-21-39)41-27-24-34-14-8-10-17-37(34)32-41/h1-32H. The van der Waals surface area contributed by atoms with Crippen molar-refractivity contribution >= 4 is 98.0 Å². The Morgan fingerprint density at radius 2 is 0.765 bits per heavy atom. The highest BCUT2D eigenvalue weighted by Gasteiger charge is 2.27. The molecule has 0 spiro atoms. The first-order valence-electron chi connectivity index (χ1n) is 17.4. The van der Waals surface area contributed by atoms with E-state index >= 15 is 0 Å². The van der Waals surface area contributed by atoms with Gasteiger partial charge in [0.15, 0.2) is 0 Å². The molecule has 0 bridgehead atoms. The second-order valence-corrected chi connectivity index (χ2v) is 14.0. The highest BCUT2D eigenvalue weighted by molar-refractivity contribution is 7.27. The number of hydrogen-bond acceptors (Lipinski definition) is 3. The minimum atomic E-state index is 1.10. The van der Waals surface area contributed by atoms with Gasteiger partial charge in [0.05, 0.1) is 16.1 Å². The number of para-hydroxylation sites is 2. The van der Waals surface area contributed by atoms with Crippen molar-refractivity contribution < 1.29 is 0 Å². The second-order valence-electron chi connectivity index (χ2n) is 13.0. The van der Waals surface area contributed by atoms with E-state index in [-0.39, 0.29) is 0 Å². The van der Waals surface area contributed by atoms with Crippen molar-refractivity contribution in [1.82, 2.24) is 0 Å². The molecule has 9 aromatic carbocycles. The van der Waals surface area contributed by atoms with E-state index in [9.17, 15) is 0 Å². The van der Waals surface area contributed by atoms with Crippen molar-refractivity contribution in [3.63, 3.8) is 0 Å². The summed E-state index contributed by atoms with van der Waals surface area (Å²) >= 11 is 1.90. The zero-order valence-corrected chi connectivity index (χ0v) is 28.6. The summed E-state index contributed by atoms with van der Waals surface area (Å²) in [4.78, 5) is 4.90. The minimum Gasteiger partial charge on any atom is -0.308 e. The molecule has 0 saturated carbocycles. The lowest BCUT2D eigenvalue weighted by molar-refractivity contribution is 1.24. The predicted molar refractivity (Wildman–Crippen MR) is 221 cm³/mol. The van der Waals surface area contributed by atoms with Crippen LogP contribution < -0.4 is 9.80 Å². The highest BCUT2D eigenvalue weighted by atomic mass is 32.1. The summed E-state index contributed by atoms with van der Waals surface area (Å²) in [6.07, 6.45) is 0. The fourth-order valence-electron chi connectivity index (χ4n) is 7.56. The molecule has 0 amide bonds. The summed E-state index contributed by atoms with van der Waals surface area (Å²) in [7, 11) is 0. The summed E-state index contributed by atoms with van der Waals surface area (Å²) in [5, 5.41) is 9.96. The van der Waals surface area contributed by atoms with Crippen LogP contribution in [0.2, 0.25) is 0 Å². The van der Waals surface area contributed by atoms with E-state index in [4.69, 9.17) is 0 Å². The predicted octanol–water partition coefficient (Wildman–Crippen LogP) is 14.5. The molecule has 0 N–H and O–H groups in total. The molecule has 0 unspecified atom stereocenters. The number of thiophene rings is 1. The van der Waals surface area contributed by atoms with E-state index in [0.717, 1.165) is 34.1 Å². The minimum absolute atomic E-state index is 1.10. The molecule has 3 heteroatoms. The van der Waals surface area contributed by atoms with Crippen molar-refractivity contribution in [2.45, 2.75) is 0 Å². The van der Waals surface area contributed by atoms with Gasteiger partial charge in [0.2, 0.25) is 0 Å². The van der Waals surface area contributed by atoms with E-state index in [1.165, 1.54) is 52.5 Å². The fourth-order valence-corrected chi connectivity index (χ4v) is 8.93. The summed E-state index contributed by atoms with van der Waals surface area (Å²) in [5.74, 6) is 0. The Kier molecular flexibility index (Phi) is 7.04. The van der Waals surface area contributed by atoms with E-state index in [2.05, 4.69) is 204 Å².